The molecule has 6 heteroatoms. The quantitative estimate of drug-likeness (QED) is 0.655. The molecule has 0 saturated carbocycles. The summed E-state index contributed by atoms with van der Waals surface area (Å²) in [5.74, 6) is 0.0361. The summed E-state index contributed by atoms with van der Waals surface area (Å²) in [4.78, 5) is 28.0. The van der Waals surface area contributed by atoms with Crippen molar-refractivity contribution in [3.63, 3.8) is 0 Å². The summed E-state index contributed by atoms with van der Waals surface area (Å²) in [6.07, 6.45) is 0. The number of methoxy groups -OCH3 is 1. The molecule has 0 radical (unpaired) electrons. The van der Waals surface area contributed by atoms with Crippen molar-refractivity contribution in [1.29, 1.82) is 0 Å². The number of thioether (sulfide) groups is 1. The number of nitrogens with zero attached hydrogens (tertiary/aromatic N) is 1. The SMILES string of the molecule is COc1ccc(C2=C(SC(C)C)C(=O)N(c3ccc(C)c(Cl)c3)C2=O)cc1. The number of anilines is 1. The zero-order valence-electron chi connectivity index (χ0n) is 15.6. The first-order valence-corrected chi connectivity index (χ1v) is 9.79. The number of imide groups is 1. The molecule has 0 unspecified atom stereocenters. The maximum atomic E-state index is 13.2. The predicted molar refractivity (Wildman–Crippen MR) is 111 cm³/mol. The molecule has 140 valence electrons. The number of amides is 2. The summed E-state index contributed by atoms with van der Waals surface area (Å²) >= 11 is 7.61. The number of benzene rings is 2. The summed E-state index contributed by atoms with van der Waals surface area (Å²) in [5.41, 5.74) is 2.47. The van der Waals surface area contributed by atoms with Gasteiger partial charge in [0.2, 0.25) is 0 Å². The van der Waals surface area contributed by atoms with E-state index < -0.39 is 0 Å². The van der Waals surface area contributed by atoms with E-state index in [0.717, 1.165) is 5.56 Å². The van der Waals surface area contributed by atoms with E-state index in [9.17, 15) is 9.59 Å². The third kappa shape index (κ3) is 3.75. The molecule has 2 aromatic rings. The van der Waals surface area contributed by atoms with E-state index in [2.05, 4.69) is 0 Å². The third-order valence-corrected chi connectivity index (χ3v) is 5.68. The van der Waals surface area contributed by atoms with Crippen LogP contribution < -0.4 is 9.64 Å². The highest BCUT2D eigenvalue weighted by molar-refractivity contribution is 8.04. The van der Waals surface area contributed by atoms with Crippen LogP contribution in [-0.4, -0.2) is 24.2 Å². The molecule has 0 saturated heterocycles. The van der Waals surface area contributed by atoms with Gasteiger partial charge in [-0.15, -0.1) is 11.8 Å². The van der Waals surface area contributed by atoms with Gasteiger partial charge in [0.25, 0.3) is 11.8 Å². The van der Waals surface area contributed by atoms with Crippen LogP contribution >= 0.6 is 23.4 Å². The van der Waals surface area contributed by atoms with E-state index in [1.165, 1.54) is 16.7 Å². The van der Waals surface area contributed by atoms with Gasteiger partial charge >= 0.3 is 0 Å². The first kappa shape index (κ1) is 19.5. The first-order valence-electron chi connectivity index (χ1n) is 8.53. The fourth-order valence-corrected chi connectivity index (χ4v) is 3.98. The average Bonchev–Trinajstić information content (AvgIpc) is 2.87. The van der Waals surface area contributed by atoms with Crippen molar-refractivity contribution in [3.8, 4) is 5.75 Å². The van der Waals surface area contributed by atoms with E-state index >= 15 is 0 Å². The van der Waals surface area contributed by atoms with Crippen LogP contribution in [0.4, 0.5) is 5.69 Å². The van der Waals surface area contributed by atoms with E-state index in [1.807, 2.05) is 20.8 Å². The molecule has 0 spiro atoms. The molecule has 0 aromatic heterocycles. The Morgan fingerprint density at radius 1 is 1.04 bits per heavy atom. The number of halogens is 1. The Morgan fingerprint density at radius 2 is 1.70 bits per heavy atom. The molecule has 3 rings (SSSR count). The van der Waals surface area contributed by atoms with Gasteiger partial charge in [-0.2, -0.15) is 0 Å². The highest BCUT2D eigenvalue weighted by Gasteiger charge is 2.40. The maximum Gasteiger partial charge on any atom is 0.272 e. The summed E-state index contributed by atoms with van der Waals surface area (Å²) in [7, 11) is 1.58. The van der Waals surface area contributed by atoms with Crippen molar-refractivity contribution in [2.75, 3.05) is 12.0 Å². The van der Waals surface area contributed by atoms with Gasteiger partial charge in [-0.3, -0.25) is 9.59 Å². The minimum Gasteiger partial charge on any atom is -0.497 e. The number of hydrogen-bond acceptors (Lipinski definition) is 4. The highest BCUT2D eigenvalue weighted by Crippen LogP contribution is 2.40. The largest absolute Gasteiger partial charge is 0.497 e. The molecule has 4 nitrogen and oxygen atoms in total. The fourth-order valence-electron chi connectivity index (χ4n) is 2.82. The van der Waals surface area contributed by atoms with Crippen LogP contribution in [0.1, 0.15) is 25.0 Å². The van der Waals surface area contributed by atoms with Gasteiger partial charge in [0.15, 0.2) is 0 Å². The van der Waals surface area contributed by atoms with Gasteiger partial charge < -0.3 is 4.74 Å². The Labute approximate surface area is 168 Å². The van der Waals surface area contributed by atoms with Crippen molar-refractivity contribution in [2.45, 2.75) is 26.0 Å². The first-order chi connectivity index (χ1) is 12.8. The second-order valence-corrected chi connectivity index (χ2v) is 8.47. The second-order valence-electron chi connectivity index (χ2n) is 6.48. The summed E-state index contributed by atoms with van der Waals surface area (Å²) in [6, 6.07) is 12.4. The van der Waals surface area contributed by atoms with Crippen molar-refractivity contribution in [1.82, 2.24) is 0 Å². The number of carbonyl (C=O) groups excluding carboxylic acids is 2. The molecule has 1 aliphatic rings. The summed E-state index contributed by atoms with van der Waals surface area (Å²) in [5, 5.41) is 0.676. The zero-order chi connectivity index (χ0) is 19.7. The Balaban J connectivity index is 2.09. The Kier molecular flexibility index (Phi) is 5.63. The van der Waals surface area contributed by atoms with Gasteiger partial charge in [0.05, 0.1) is 23.3 Å². The molecule has 1 aliphatic heterocycles. The van der Waals surface area contributed by atoms with Crippen molar-refractivity contribution in [3.05, 3.63) is 63.5 Å². The van der Waals surface area contributed by atoms with Crippen LogP contribution in [0, 0.1) is 6.92 Å². The molecule has 0 atom stereocenters. The van der Waals surface area contributed by atoms with E-state index in [4.69, 9.17) is 16.3 Å². The van der Waals surface area contributed by atoms with Crippen molar-refractivity contribution in [2.24, 2.45) is 0 Å². The van der Waals surface area contributed by atoms with Gasteiger partial charge in [0, 0.05) is 10.3 Å². The van der Waals surface area contributed by atoms with Gasteiger partial charge in [-0.05, 0) is 42.3 Å². The lowest BCUT2D eigenvalue weighted by Crippen LogP contribution is -2.31. The lowest BCUT2D eigenvalue weighted by Gasteiger charge is -2.16. The van der Waals surface area contributed by atoms with Gasteiger partial charge in [-0.1, -0.05) is 43.6 Å². The maximum absolute atomic E-state index is 13.2. The number of rotatable bonds is 5. The molecule has 0 fully saturated rings. The topological polar surface area (TPSA) is 46.6 Å². The summed E-state index contributed by atoms with van der Waals surface area (Å²) in [6.45, 7) is 5.86. The second kappa shape index (κ2) is 7.79. The standard InChI is InChI=1S/C21H20ClNO3S/c1-12(2)27-19-18(14-6-9-16(26-4)10-7-14)20(24)23(21(19)25)15-8-5-13(3)17(22)11-15/h5-12H,1-4H3. The molecule has 1 heterocycles. The molecule has 0 N–H and O–H groups in total. The van der Waals surface area contributed by atoms with Crippen molar-refractivity contribution < 1.29 is 14.3 Å². The van der Waals surface area contributed by atoms with Gasteiger partial charge in [0.1, 0.15) is 5.75 Å². The number of hydrogen-bond donors (Lipinski definition) is 0. The Morgan fingerprint density at radius 3 is 2.26 bits per heavy atom. The monoisotopic (exact) mass is 401 g/mol. The molecule has 27 heavy (non-hydrogen) atoms. The Hall–Kier alpha value is -2.24. The predicted octanol–water partition coefficient (Wildman–Crippen LogP) is 5.08. The van der Waals surface area contributed by atoms with Crippen LogP contribution in [0.5, 0.6) is 5.75 Å². The molecular formula is C21H20ClNO3S. The summed E-state index contributed by atoms with van der Waals surface area (Å²) < 4.78 is 5.19. The van der Waals surface area contributed by atoms with Crippen LogP contribution in [0.3, 0.4) is 0 Å². The molecule has 0 bridgehead atoms. The van der Waals surface area contributed by atoms with E-state index in [0.29, 0.717) is 32.5 Å². The minimum absolute atomic E-state index is 0.159. The van der Waals surface area contributed by atoms with E-state index in [1.54, 1.807) is 49.6 Å². The van der Waals surface area contributed by atoms with Crippen LogP contribution in [0.15, 0.2) is 47.4 Å². The van der Waals surface area contributed by atoms with Crippen LogP contribution in [-0.2, 0) is 9.59 Å². The Bertz CT molecular complexity index is 935. The molecule has 2 amide bonds. The molecular weight excluding hydrogens is 382 g/mol. The van der Waals surface area contributed by atoms with E-state index in [-0.39, 0.29) is 17.1 Å². The third-order valence-electron chi connectivity index (χ3n) is 4.19. The number of ether oxygens (including phenoxy) is 1. The lowest BCUT2D eigenvalue weighted by molar-refractivity contribution is -0.119. The number of aryl methyl sites for hydroxylation is 1. The van der Waals surface area contributed by atoms with Crippen molar-refractivity contribution >= 4 is 46.4 Å². The zero-order valence-corrected chi connectivity index (χ0v) is 17.1. The minimum atomic E-state index is -0.340. The fraction of sp³-hybridized carbons (Fsp3) is 0.238. The average molecular weight is 402 g/mol. The lowest BCUT2D eigenvalue weighted by atomic mass is 10.1. The molecule has 0 aliphatic carbocycles. The number of carbonyl (C=O) groups is 2. The van der Waals surface area contributed by atoms with Gasteiger partial charge in [-0.25, -0.2) is 4.90 Å². The van der Waals surface area contributed by atoms with Crippen LogP contribution in [0.25, 0.3) is 5.57 Å². The van der Waals surface area contributed by atoms with Crippen LogP contribution in [0.2, 0.25) is 5.02 Å². The highest BCUT2D eigenvalue weighted by atomic mass is 35.5. The smallest absolute Gasteiger partial charge is 0.272 e. The molecule has 2 aromatic carbocycles. The normalized spacial score (nSPS) is 14.5.